The van der Waals surface area contributed by atoms with E-state index >= 15 is 0 Å². The summed E-state index contributed by atoms with van der Waals surface area (Å²) in [6, 6.07) is 4.99. The van der Waals surface area contributed by atoms with E-state index in [9.17, 15) is 9.90 Å². The predicted octanol–water partition coefficient (Wildman–Crippen LogP) is 1.58. The Morgan fingerprint density at radius 1 is 1.50 bits per heavy atom. The highest BCUT2D eigenvalue weighted by atomic mass is 16.5. The molecular weight excluding hydrogens is 232 g/mol. The van der Waals surface area contributed by atoms with Crippen LogP contribution in [0.1, 0.15) is 24.2 Å². The second-order valence-corrected chi connectivity index (χ2v) is 5.11. The van der Waals surface area contributed by atoms with E-state index < -0.39 is 5.97 Å². The molecule has 2 rings (SSSR count). The van der Waals surface area contributed by atoms with E-state index in [1.54, 1.807) is 12.1 Å². The molecule has 0 bridgehead atoms. The summed E-state index contributed by atoms with van der Waals surface area (Å²) in [5, 5.41) is 9.24. The van der Waals surface area contributed by atoms with E-state index in [4.69, 9.17) is 10.5 Å². The first-order chi connectivity index (χ1) is 8.39. The van der Waals surface area contributed by atoms with Crippen LogP contribution in [0.3, 0.4) is 0 Å². The first-order valence-corrected chi connectivity index (χ1v) is 5.91. The molecule has 0 amide bonds. The quantitative estimate of drug-likeness (QED) is 0.779. The lowest BCUT2D eigenvalue weighted by molar-refractivity contribution is -0.0277. The normalized spacial score (nSPS) is 18.7. The van der Waals surface area contributed by atoms with Gasteiger partial charge in [-0.3, -0.25) is 0 Å². The third-order valence-electron chi connectivity index (χ3n) is 3.02. The lowest BCUT2D eigenvalue weighted by atomic mass is 10.0. The number of hydrogen-bond donors (Lipinski definition) is 2. The van der Waals surface area contributed by atoms with Gasteiger partial charge in [0.05, 0.1) is 23.5 Å². The zero-order valence-electron chi connectivity index (χ0n) is 10.6. The molecule has 18 heavy (non-hydrogen) atoms. The van der Waals surface area contributed by atoms with Gasteiger partial charge < -0.3 is 20.5 Å². The Kier molecular flexibility index (Phi) is 3.17. The van der Waals surface area contributed by atoms with E-state index in [2.05, 4.69) is 0 Å². The van der Waals surface area contributed by atoms with Crippen LogP contribution in [-0.2, 0) is 4.74 Å². The number of carboxylic acid groups (broad SMARTS) is 1. The van der Waals surface area contributed by atoms with Gasteiger partial charge in [0, 0.05) is 18.8 Å². The molecule has 1 fully saturated rings. The van der Waals surface area contributed by atoms with Crippen LogP contribution in [0.5, 0.6) is 0 Å². The molecular formula is C13H18N2O3. The van der Waals surface area contributed by atoms with Crippen LogP contribution < -0.4 is 10.6 Å². The third kappa shape index (κ3) is 2.56. The Balaban J connectivity index is 2.35. The summed E-state index contributed by atoms with van der Waals surface area (Å²) in [6.45, 7) is 5.94. The lowest BCUT2D eigenvalue weighted by Crippen LogP contribution is -2.48. The molecule has 3 N–H and O–H groups in total. The van der Waals surface area contributed by atoms with Crippen molar-refractivity contribution in [3.8, 4) is 0 Å². The van der Waals surface area contributed by atoms with E-state index in [1.807, 2.05) is 18.7 Å². The molecule has 0 aliphatic carbocycles. The largest absolute Gasteiger partial charge is 0.478 e. The molecule has 1 aromatic carbocycles. The molecule has 0 unspecified atom stereocenters. The highest BCUT2D eigenvalue weighted by Gasteiger charge is 2.29. The maximum absolute atomic E-state index is 11.3. The number of aromatic carboxylic acids is 1. The second kappa shape index (κ2) is 4.49. The second-order valence-electron chi connectivity index (χ2n) is 5.11. The molecule has 0 atom stereocenters. The average molecular weight is 250 g/mol. The number of ether oxygens (including phenoxy) is 1. The molecule has 1 aliphatic rings. The van der Waals surface area contributed by atoms with E-state index in [0.29, 0.717) is 31.1 Å². The molecule has 0 spiro atoms. The molecule has 1 saturated heterocycles. The zero-order valence-corrected chi connectivity index (χ0v) is 10.6. The maximum atomic E-state index is 11.3. The van der Waals surface area contributed by atoms with Crippen LogP contribution in [-0.4, -0.2) is 36.4 Å². The number of benzene rings is 1. The Morgan fingerprint density at radius 3 is 2.83 bits per heavy atom. The Morgan fingerprint density at radius 2 is 2.22 bits per heavy atom. The number of nitrogens with zero attached hydrogens (tertiary/aromatic N) is 1. The van der Waals surface area contributed by atoms with Gasteiger partial charge in [-0.05, 0) is 32.0 Å². The topological polar surface area (TPSA) is 75.8 Å². The first-order valence-electron chi connectivity index (χ1n) is 5.91. The number of hydrogen-bond acceptors (Lipinski definition) is 4. The van der Waals surface area contributed by atoms with Crippen molar-refractivity contribution in [3.05, 3.63) is 23.8 Å². The highest BCUT2D eigenvalue weighted by Crippen LogP contribution is 2.27. The molecule has 5 nitrogen and oxygen atoms in total. The van der Waals surface area contributed by atoms with Crippen LogP contribution in [0.25, 0.3) is 0 Å². The van der Waals surface area contributed by atoms with Crippen LogP contribution in [0.2, 0.25) is 0 Å². The van der Waals surface area contributed by atoms with E-state index in [0.717, 1.165) is 0 Å². The number of nitrogens with two attached hydrogens (primary N) is 1. The van der Waals surface area contributed by atoms with Gasteiger partial charge in [0.15, 0.2) is 0 Å². The van der Waals surface area contributed by atoms with Gasteiger partial charge in [0.2, 0.25) is 0 Å². The Bertz CT molecular complexity index is 471. The highest BCUT2D eigenvalue weighted by molar-refractivity contribution is 5.95. The number of carbonyl (C=O) groups is 1. The fraction of sp³-hybridized carbons (Fsp3) is 0.462. The van der Waals surface area contributed by atoms with E-state index in [1.165, 1.54) is 6.07 Å². The predicted molar refractivity (Wildman–Crippen MR) is 70.1 cm³/mol. The lowest BCUT2D eigenvalue weighted by Gasteiger charge is -2.40. The Hall–Kier alpha value is -1.75. The summed E-state index contributed by atoms with van der Waals surface area (Å²) in [4.78, 5) is 13.3. The summed E-state index contributed by atoms with van der Waals surface area (Å²) in [5.41, 5.74) is 6.78. The molecule has 5 heteroatoms. The summed E-state index contributed by atoms with van der Waals surface area (Å²) in [5.74, 6) is -0.957. The third-order valence-corrected chi connectivity index (χ3v) is 3.02. The minimum absolute atomic E-state index is 0.243. The molecule has 0 saturated carbocycles. The SMILES string of the molecule is CC1(C)CN(c2ccc(N)cc2C(=O)O)CCO1. The number of morpholine rings is 1. The smallest absolute Gasteiger partial charge is 0.337 e. The number of rotatable bonds is 2. The summed E-state index contributed by atoms with van der Waals surface area (Å²) < 4.78 is 5.63. The van der Waals surface area contributed by atoms with Gasteiger partial charge in [0.25, 0.3) is 0 Å². The fourth-order valence-corrected chi connectivity index (χ4v) is 2.22. The van der Waals surface area contributed by atoms with Gasteiger partial charge in [0.1, 0.15) is 0 Å². The first kappa shape index (κ1) is 12.7. The molecule has 1 aromatic rings. The minimum Gasteiger partial charge on any atom is -0.478 e. The van der Waals surface area contributed by atoms with Crippen LogP contribution >= 0.6 is 0 Å². The average Bonchev–Trinajstić information content (AvgIpc) is 2.27. The molecule has 1 heterocycles. The molecule has 0 radical (unpaired) electrons. The molecule has 0 aromatic heterocycles. The zero-order chi connectivity index (χ0) is 13.3. The van der Waals surface area contributed by atoms with Gasteiger partial charge in [-0.15, -0.1) is 0 Å². The number of carboxylic acids is 1. The van der Waals surface area contributed by atoms with Crippen molar-refractivity contribution in [1.82, 2.24) is 0 Å². The Labute approximate surface area is 106 Å². The maximum Gasteiger partial charge on any atom is 0.337 e. The van der Waals surface area contributed by atoms with Crippen molar-refractivity contribution < 1.29 is 14.6 Å². The minimum atomic E-state index is -0.957. The van der Waals surface area contributed by atoms with Gasteiger partial charge in [-0.25, -0.2) is 4.79 Å². The monoisotopic (exact) mass is 250 g/mol. The summed E-state index contributed by atoms with van der Waals surface area (Å²) in [6.07, 6.45) is 0. The van der Waals surface area contributed by atoms with Crippen molar-refractivity contribution >= 4 is 17.3 Å². The number of nitrogen functional groups attached to an aromatic ring is 1. The van der Waals surface area contributed by atoms with Crippen LogP contribution in [0, 0.1) is 0 Å². The molecule has 1 aliphatic heterocycles. The summed E-state index contributed by atoms with van der Waals surface area (Å²) in [7, 11) is 0. The van der Waals surface area contributed by atoms with Crippen LogP contribution in [0.4, 0.5) is 11.4 Å². The van der Waals surface area contributed by atoms with E-state index in [-0.39, 0.29) is 11.2 Å². The van der Waals surface area contributed by atoms with Crippen LogP contribution in [0.15, 0.2) is 18.2 Å². The van der Waals surface area contributed by atoms with Crippen molar-refractivity contribution in [1.29, 1.82) is 0 Å². The van der Waals surface area contributed by atoms with Crippen molar-refractivity contribution in [2.75, 3.05) is 30.3 Å². The van der Waals surface area contributed by atoms with Gasteiger partial charge in [-0.1, -0.05) is 0 Å². The van der Waals surface area contributed by atoms with Gasteiger partial charge in [-0.2, -0.15) is 0 Å². The number of anilines is 2. The standard InChI is InChI=1S/C13H18N2O3/c1-13(2)8-15(5-6-18-13)11-4-3-9(14)7-10(11)12(16)17/h3-4,7H,5-6,8,14H2,1-2H3,(H,16,17). The van der Waals surface area contributed by atoms with Gasteiger partial charge >= 0.3 is 5.97 Å². The van der Waals surface area contributed by atoms with Crippen molar-refractivity contribution in [2.24, 2.45) is 0 Å². The fourth-order valence-electron chi connectivity index (χ4n) is 2.22. The van der Waals surface area contributed by atoms with Crippen molar-refractivity contribution in [3.63, 3.8) is 0 Å². The summed E-state index contributed by atoms with van der Waals surface area (Å²) >= 11 is 0. The van der Waals surface area contributed by atoms with Crippen molar-refractivity contribution in [2.45, 2.75) is 19.4 Å². The molecule has 98 valence electrons.